The van der Waals surface area contributed by atoms with Crippen LogP contribution in [0.2, 0.25) is 0 Å². The van der Waals surface area contributed by atoms with Crippen molar-refractivity contribution in [2.24, 2.45) is 0 Å². The topological polar surface area (TPSA) is 129 Å². The minimum atomic E-state index is -1.72. The number of hydrogen-bond donors (Lipinski definition) is 3. The van der Waals surface area contributed by atoms with E-state index in [9.17, 15) is 19.2 Å². The summed E-state index contributed by atoms with van der Waals surface area (Å²) in [5.74, 6) is -4.97. The van der Waals surface area contributed by atoms with Crippen LogP contribution in [0.1, 0.15) is 41.4 Å². The number of aldehydes is 1. The molecule has 0 heterocycles. The molecule has 0 fully saturated rings. The highest BCUT2D eigenvalue weighted by molar-refractivity contribution is 6.12. The minimum absolute atomic E-state index is 0.154. The van der Waals surface area contributed by atoms with Gasteiger partial charge in [0.05, 0.1) is 16.7 Å². The standard InChI is InChI=1S/C10H6O7/c11-3-4-1-2-5(8(12)13)7(10(16)17)6(4)9(14)15/h1-3H,(H,12,13)(H,14,15)(H,16,17). The van der Waals surface area contributed by atoms with E-state index in [1.165, 1.54) is 0 Å². The van der Waals surface area contributed by atoms with E-state index in [1.807, 2.05) is 0 Å². The molecule has 0 aliphatic heterocycles. The van der Waals surface area contributed by atoms with Gasteiger partial charge in [0.1, 0.15) is 0 Å². The van der Waals surface area contributed by atoms with E-state index in [-0.39, 0.29) is 11.8 Å². The highest BCUT2D eigenvalue weighted by atomic mass is 16.4. The third-order valence-electron chi connectivity index (χ3n) is 2.02. The Bertz CT molecular complexity index is 530. The number of carboxylic acids is 3. The van der Waals surface area contributed by atoms with Gasteiger partial charge in [0, 0.05) is 5.56 Å². The lowest BCUT2D eigenvalue weighted by atomic mass is 9.96. The van der Waals surface area contributed by atoms with E-state index < -0.39 is 34.6 Å². The van der Waals surface area contributed by atoms with Crippen LogP contribution in [0.5, 0.6) is 0 Å². The average molecular weight is 238 g/mol. The summed E-state index contributed by atoms with van der Waals surface area (Å²) >= 11 is 0. The molecule has 0 unspecified atom stereocenters. The Hall–Kier alpha value is -2.70. The number of carbonyl (C=O) groups excluding carboxylic acids is 1. The van der Waals surface area contributed by atoms with Gasteiger partial charge in [-0.3, -0.25) is 4.79 Å². The highest BCUT2D eigenvalue weighted by Gasteiger charge is 2.26. The van der Waals surface area contributed by atoms with E-state index in [4.69, 9.17) is 15.3 Å². The van der Waals surface area contributed by atoms with Gasteiger partial charge in [-0.25, -0.2) is 14.4 Å². The molecule has 17 heavy (non-hydrogen) atoms. The fourth-order valence-corrected chi connectivity index (χ4v) is 1.35. The fraction of sp³-hybridized carbons (Fsp3) is 0. The predicted molar refractivity (Wildman–Crippen MR) is 52.7 cm³/mol. The van der Waals surface area contributed by atoms with Gasteiger partial charge in [-0.05, 0) is 12.1 Å². The largest absolute Gasteiger partial charge is 0.478 e. The van der Waals surface area contributed by atoms with Gasteiger partial charge in [-0.2, -0.15) is 0 Å². The maximum Gasteiger partial charge on any atom is 0.337 e. The van der Waals surface area contributed by atoms with Crippen LogP contribution >= 0.6 is 0 Å². The summed E-state index contributed by atoms with van der Waals surface area (Å²) < 4.78 is 0. The molecule has 7 nitrogen and oxygen atoms in total. The first-order valence-electron chi connectivity index (χ1n) is 4.22. The van der Waals surface area contributed by atoms with Gasteiger partial charge in [-0.15, -0.1) is 0 Å². The SMILES string of the molecule is O=Cc1ccc(C(=O)O)c(C(=O)O)c1C(=O)O. The Morgan fingerprint density at radius 1 is 0.882 bits per heavy atom. The van der Waals surface area contributed by atoms with Crippen molar-refractivity contribution in [3.05, 3.63) is 34.4 Å². The van der Waals surface area contributed by atoms with E-state index in [1.54, 1.807) is 0 Å². The summed E-state index contributed by atoms with van der Waals surface area (Å²) in [7, 11) is 0. The van der Waals surface area contributed by atoms with Gasteiger partial charge in [0.15, 0.2) is 6.29 Å². The third-order valence-corrected chi connectivity index (χ3v) is 2.02. The first kappa shape index (κ1) is 12.4. The second-order valence-corrected chi connectivity index (χ2v) is 2.99. The molecule has 0 bridgehead atoms. The Morgan fingerprint density at radius 3 is 1.76 bits per heavy atom. The molecule has 0 aliphatic rings. The highest BCUT2D eigenvalue weighted by Crippen LogP contribution is 2.19. The van der Waals surface area contributed by atoms with Crippen molar-refractivity contribution >= 4 is 24.2 Å². The zero-order valence-corrected chi connectivity index (χ0v) is 8.21. The van der Waals surface area contributed by atoms with Gasteiger partial charge < -0.3 is 15.3 Å². The molecule has 0 saturated carbocycles. The van der Waals surface area contributed by atoms with Crippen LogP contribution in [0, 0.1) is 0 Å². The van der Waals surface area contributed by atoms with Crippen molar-refractivity contribution in [3.63, 3.8) is 0 Å². The first-order chi connectivity index (χ1) is 7.90. The van der Waals surface area contributed by atoms with Crippen molar-refractivity contribution in [2.75, 3.05) is 0 Å². The van der Waals surface area contributed by atoms with Crippen LogP contribution in [0.15, 0.2) is 12.1 Å². The molecule has 0 radical (unpaired) electrons. The quantitative estimate of drug-likeness (QED) is 0.654. The first-order valence-corrected chi connectivity index (χ1v) is 4.22. The molecule has 1 rings (SSSR count). The van der Waals surface area contributed by atoms with Crippen molar-refractivity contribution < 1.29 is 34.5 Å². The lowest BCUT2D eigenvalue weighted by Gasteiger charge is -2.07. The van der Waals surface area contributed by atoms with Crippen LogP contribution < -0.4 is 0 Å². The summed E-state index contributed by atoms with van der Waals surface area (Å²) in [6.45, 7) is 0. The van der Waals surface area contributed by atoms with Gasteiger partial charge in [0.25, 0.3) is 0 Å². The molecule has 0 aliphatic carbocycles. The normalized spacial score (nSPS) is 9.65. The molecule has 7 heteroatoms. The summed E-state index contributed by atoms with van der Waals surface area (Å²) in [6, 6.07) is 1.83. The lowest BCUT2D eigenvalue weighted by molar-refractivity contribution is 0.0632. The molecule has 3 N–H and O–H groups in total. The van der Waals surface area contributed by atoms with Crippen molar-refractivity contribution in [1.29, 1.82) is 0 Å². The molecular weight excluding hydrogens is 232 g/mol. The smallest absolute Gasteiger partial charge is 0.337 e. The number of hydrogen-bond acceptors (Lipinski definition) is 4. The van der Waals surface area contributed by atoms with Crippen molar-refractivity contribution in [3.8, 4) is 0 Å². The Kier molecular flexibility index (Phi) is 3.23. The van der Waals surface area contributed by atoms with Gasteiger partial charge in [-0.1, -0.05) is 0 Å². The summed E-state index contributed by atoms with van der Waals surface area (Å²) in [5.41, 5.74) is -2.80. The number of rotatable bonds is 4. The molecule has 0 aromatic heterocycles. The Morgan fingerprint density at radius 2 is 1.41 bits per heavy atom. The molecule has 1 aromatic rings. The van der Waals surface area contributed by atoms with E-state index in [2.05, 4.69) is 0 Å². The molecule has 1 aromatic carbocycles. The van der Waals surface area contributed by atoms with Gasteiger partial charge in [0.2, 0.25) is 0 Å². The molecule has 0 spiro atoms. The van der Waals surface area contributed by atoms with Crippen molar-refractivity contribution in [2.45, 2.75) is 0 Å². The maximum absolute atomic E-state index is 10.9. The van der Waals surface area contributed by atoms with Crippen LogP contribution in [0.25, 0.3) is 0 Å². The zero-order valence-electron chi connectivity index (χ0n) is 8.21. The van der Waals surface area contributed by atoms with Crippen molar-refractivity contribution in [1.82, 2.24) is 0 Å². The maximum atomic E-state index is 10.9. The van der Waals surface area contributed by atoms with E-state index in [0.717, 1.165) is 12.1 Å². The zero-order chi connectivity index (χ0) is 13.2. The fourth-order valence-electron chi connectivity index (χ4n) is 1.35. The van der Waals surface area contributed by atoms with Crippen LogP contribution in [-0.2, 0) is 0 Å². The second kappa shape index (κ2) is 4.44. The van der Waals surface area contributed by atoms with Crippen LogP contribution in [-0.4, -0.2) is 39.5 Å². The number of benzene rings is 1. The summed E-state index contributed by atoms with van der Waals surface area (Å²) in [4.78, 5) is 43.1. The Labute approximate surface area is 93.9 Å². The number of carboxylic acid groups (broad SMARTS) is 3. The lowest BCUT2D eigenvalue weighted by Crippen LogP contribution is -2.16. The third kappa shape index (κ3) is 2.12. The van der Waals surface area contributed by atoms with E-state index >= 15 is 0 Å². The summed E-state index contributed by atoms with van der Waals surface area (Å²) in [5, 5.41) is 26.4. The number of aromatic carboxylic acids is 3. The monoisotopic (exact) mass is 238 g/mol. The van der Waals surface area contributed by atoms with Crippen LogP contribution in [0.4, 0.5) is 0 Å². The average Bonchev–Trinajstić information content (AvgIpc) is 2.26. The van der Waals surface area contributed by atoms with Crippen LogP contribution in [0.3, 0.4) is 0 Å². The predicted octanol–water partition coefficient (Wildman–Crippen LogP) is 0.594. The molecule has 0 saturated heterocycles. The minimum Gasteiger partial charge on any atom is -0.478 e. The second-order valence-electron chi connectivity index (χ2n) is 2.99. The molecule has 0 atom stereocenters. The molecular formula is C10H6O7. The number of carbonyl (C=O) groups is 4. The molecule has 88 valence electrons. The molecule has 0 amide bonds. The van der Waals surface area contributed by atoms with Gasteiger partial charge >= 0.3 is 17.9 Å². The Balaban J connectivity index is 3.77. The summed E-state index contributed by atoms with van der Waals surface area (Å²) in [6.07, 6.45) is 0.154. The van der Waals surface area contributed by atoms with E-state index in [0.29, 0.717) is 0 Å².